The molecule has 0 N–H and O–H groups in total. The van der Waals surface area contributed by atoms with Crippen LogP contribution in [0.25, 0.3) is 60.2 Å². The van der Waals surface area contributed by atoms with Crippen molar-refractivity contribution in [3.8, 4) is 33.4 Å². The zero-order chi connectivity index (χ0) is 28.0. The first-order valence-corrected chi connectivity index (χ1v) is 14.6. The van der Waals surface area contributed by atoms with Crippen LogP contribution in [0.5, 0.6) is 0 Å². The molecule has 1 aliphatic heterocycles. The summed E-state index contributed by atoms with van der Waals surface area (Å²) in [6.07, 6.45) is 0.0699. The standard InChI is InChI=1S/C40H29N2/c1-27-41-37-25-24-31(26-38(37)42(27)32-14-6-3-7-15-32)28-20-22-30(23-21-28)40-35-18-10-8-16-33(35)39(29-12-4-2-5-13-29)34-17-9-11-19-36(34)40/h2-27H,1H3/q-1. The average Bonchev–Trinajstić information content (AvgIpc) is 3.39. The third-order valence-electron chi connectivity index (χ3n) is 8.47. The van der Waals surface area contributed by atoms with Crippen LogP contribution in [-0.4, -0.2) is 6.17 Å². The molecule has 200 valence electrons. The van der Waals surface area contributed by atoms with Crippen LogP contribution in [0.15, 0.2) is 152 Å². The molecular weight excluding hydrogens is 508 g/mol. The fourth-order valence-electron chi connectivity index (χ4n) is 6.59. The van der Waals surface area contributed by atoms with E-state index in [4.69, 9.17) is 5.32 Å². The lowest BCUT2D eigenvalue weighted by Crippen LogP contribution is -2.21. The van der Waals surface area contributed by atoms with Crippen molar-refractivity contribution in [2.75, 3.05) is 4.90 Å². The van der Waals surface area contributed by atoms with Crippen LogP contribution in [-0.2, 0) is 0 Å². The molecule has 0 bridgehead atoms. The largest absolute Gasteiger partial charge is 0.663 e. The van der Waals surface area contributed by atoms with E-state index in [1.807, 2.05) is 0 Å². The second-order valence-electron chi connectivity index (χ2n) is 11.0. The van der Waals surface area contributed by atoms with E-state index in [0.29, 0.717) is 0 Å². The molecule has 0 aliphatic carbocycles. The van der Waals surface area contributed by atoms with Crippen molar-refractivity contribution in [2.24, 2.45) is 0 Å². The number of fused-ring (bicyclic) bond motifs is 3. The van der Waals surface area contributed by atoms with Crippen molar-refractivity contribution in [1.29, 1.82) is 0 Å². The first-order valence-electron chi connectivity index (χ1n) is 14.6. The second-order valence-corrected chi connectivity index (χ2v) is 11.0. The second kappa shape index (κ2) is 9.94. The van der Waals surface area contributed by atoms with Gasteiger partial charge in [-0.2, -0.15) is 0 Å². The van der Waals surface area contributed by atoms with E-state index in [1.54, 1.807) is 0 Å². The highest BCUT2D eigenvalue weighted by Crippen LogP contribution is 2.49. The van der Waals surface area contributed by atoms with Crippen molar-refractivity contribution in [2.45, 2.75) is 13.1 Å². The summed E-state index contributed by atoms with van der Waals surface area (Å²) < 4.78 is 0. The van der Waals surface area contributed by atoms with Crippen LogP contribution in [0, 0.1) is 0 Å². The van der Waals surface area contributed by atoms with Crippen LogP contribution in [0.1, 0.15) is 6.92 Å². The maximum absolute atomic E-state index is 4.91. The van der Waals surface area contributed by atoms with E-state index in [0.717, 1.165) is 17.1 Å². The molecule has 2 heteroatoms. The summed E-state index contributed by atoms with van der Waals surface area (Å²) in [4.78, 5) is 2.32. The van der Waals surface area contributed by atoms with Gasteiger partial charge in [-0.15, -0.1) is 5.69 Å². The predicted molar refractivity (Wildman–Crippen MR) is 179 cm³/mol. The average molecular weight is 538 g/mol. The summed E-state index contributed by atoms with van der Waals surface area (Å²) in [5, 5.41) is 10.0. The molecule has 1 aliphatic rings. The van der Waals surface area contributed by atoms with Gasteiger partial charge in [0.25, 0.3) is 0 Å². The van der Waals surface area contributed by atoms with E-state index in [1.165, 1.54) is 54.9 Å². The quantitative estimate of drug-likeness (QED) is 0.204. The lowest BCUT2D eigenvalue weighted by atomic mass is 9.86. The maximum Gasteiger partial charge on any atom is 0.0398 e. The minimum absolute atomic E-state index is 0.0699. The van der Waals surface area contributed by atoms with Gasteiger partial charge < -0.3 is 10.2 Å². The molecule has 1 heterocycles. The van der Waals surface area contributed by atoms with Crippen LogP contribution in [0.4, 0.5) is 17.1 Å². The van der Waals surface area contributed by atoms with E-state index >= 15 is 0 Å². The minimum Gasteiger partial charge on any atom is -0.663 e. The summed E-state index contributed by atoms with van der Waals surface area (Å²) in [7, 11) is 0. The molecule has 0 aromatic heterocycles. The molecule has 1 atom stereocenters. The molecular formula is C40H29N2-. The minimum atomic E-state index is 0.0699. The van der Waals surface area contributed by atoms with Gasteiger partial charge in [0.1, 0.15) is 0 Å². The third-order valence-corrected chi connectivity index (χ3v) is 8.47. The number of benzene rings is 7. The normalized spacial score (nSPS) is 14.2. The Morgan fingerprint density at radius 3 is 1.48 bits per heavy atom. The van der Waals surface area contributed by atoms with Crippen LogP contribution in [0.3, 0.4) is 0 Å². The number of rotatable bonds is 4. The SMILES string of the molecule is CC1[N-]c2ccc(-c3ccc(-c4c5ccccc5c(-c5ccccc5)c5ccccc45)cc3)cc2N1c1ccccc1. The van der Waals surface area contributed by atoms with Crippen LogP contribution < -0.4 is 4.90 Å². The molecule has 2 nitrogen and oxygen atoms in total. The Hall–Kier alpha value is -5.34. The fourth-order valence-corrected chi connectivity index (χ4v) is 6.59. The highest BCUT2D eigenvalue weighted by atomic mass is 15.3. The highest BCUT2D eigenvalue weighted by molar-refractivity contribution is 6.21. The zero-order valence-electron chi connectivity index (χ0n) is 23.4. The highest BCUT2D eigenvalue weighted by Gasteiger charge is 2.20. The van der Waals surface area contributed by atoms with Crippen molar-refractivity contribution in [3.05, 3.63) is 157 Å². The topological polar surface area (TPSA) is 17.3 Å². The molecule has 7 aromatic rings. The molecule has 7 aromatic carbocycles. The number of nitrogens with zero attached hydrogens (tertiary/aromatic N) is 2. The molecule has 8 rings (SSSR count). The smallest absolute Gasteiger partial charge is 0.0398 e. The molecule has 0 saturated carbocycles. The van der Waals surface area contributed by atoms with Crippen LogP contribution in [0.2, 0.25) is 0 Å². The first-order chi connectivity index (χ1) is 20.8. The predicted octanol–water partition coefficient (Wildman–Crippen LogP) is 11.5. The van der Waals surface area contributed by atoms with Crippen molar-refractivity contribution >= 4 is 38.6 Å². The summed E-state index contributed by atoms with van der Waals surface area (Å²) in [5.74, 6) is 0. The van der Waals surface area contributed by atoms with E-state index in [-0.39, 0.29) is 6.17 Å². The van der Waals surface area contributed by atoms with Gasteiger partial charge in [0.15, 0.2) is 0 Å². The van der Waals surface area contributed by atoms with Gasteiger partial charge in [-0.3, -0.25) is 0 Å². The molecule has 42 heavy (non-hydrogen) atoms. The summed E-state index contributed by atoms with van der Waals surface area (Å²) >= 11 is 0. The molecule has 0 amide bonds. The van der Waals surface area contributed by atoms with Gasteiger partial charge in [0, 0.05) is 11.4 Å². The Balaban J connectivity index is 1.25. The van der Waals surface area contributed by atoms with Gasteiger partial charge in [0.05, 0.1) is 0 Å². The number of hydrogen-bond acceptors (Lipinski definition) is 1. The number of anilines is 2. The van der Waals surface area contributed by atoms with Gasteiger partial charge in [-0.25, -0.2) is 0 Å². The van der Waals surface area contributed by atoms with E-state index < -0.39 is 0 Å². The monoisotopic (exact) mass is 537 g/mol. The van der Waals surface area contributed by atoms with Crippen molar-refractivity contribution in [1.82, 2.24) is 0 Å². The summed E-state index contributed by atoms with van der Waals surface area (Å²) in [6.45, 7) is 2.15. The van der Waals surface area contributed by atoms with Gasteiger partial charge in [-0.1, -0.05) is 140 Å². The van der Waals surface area contributed by atoms with Gasteiger partial charge >= 0.3 is 0 Å². The first kappa shape index (κ1) is 24.5. The Kier molecular flexibility index (Phi) is 5.79. The van der Waals surface area contributed by atoms with Crippen LogP contribution >= 0.6 is 0 Å². The molecule has 1 unspecified atom stereocenters. The Bertz CT molecular complexity index is 2010. The fraction of sp³-hybridized carbons (Fsp3) is 0.0500. The lowest BCUT2D eigenvalue weighted by Gasteiger charge is -2.31. The van der Waals surface area contributed by atoms with Gasteiger partial charge in [-0.05, 0) is 79.3 Å². The summed E-state index contributed by atoms with van der Waals surface area (Å²) in [6, 6.07) is 54.6. The number of hydrogen-bond donors (Lipinski definition) is 0. The molecule has 0 radical (unpaired) electrons. The summed E-state index contributed by atoms with van der Waals surface area (Å²) in [5.41, 5.74) is 10.8. The van der Waals surface area contributed by atoms with Crippen molar-refractivity contribution < 1.29 is 0 Å². The Morgan fingerprint density at radius 2 is 0.905 bits per heavy atom. The molecule has 0 fully saturated rings. The maximum atomic E-state index is 4.91. The molecule has 0 spiro atoms. The van der Waals surface area contributed by atoms with Gasteiger partial charge in [0.2, 0.25) is 0 Å². The lowest BCUT2D eigenvalue weighted by molar-refractivity contribution is 0.876. The number of para-hydroxylation sites is 1. The van der Waals surface area contributed by atoms with E-state index in [2.05, 4.69) is 163 Å². The molecule has 0 saturated heterocycles. The third kappa shape index (κ3) is 3.95. The Morgan fingerprint density at radius 1 is 0.452 bits per heavy atom. The van der Waals surface area contributed by atoms with E-state index in [9.17, 15) is 0 Å². The van der Waals surface area contributed by atoms with Crippen molar-refractivity contribution in [3.63, 3.8) is 0 Å². The Labute approximate surface area is 246 Å². The zero-order valence-corrected chi connectivity index (χ0v) is 23.4.